The van der Waals surface area contributed by atoms with Crippen LogP contribution in [0.3, 0.4) is 0 Å². The number of carbonyl (C=O) groups is 1. The number of hydrogen-bond acceptors (Lipinski definition) is 4. The molecule has 0 aliphatic carbocycles. The lowest BCUT2D eigenvalue weighted by Crippen LogP contribution is -2.12. The Morgan fingerprint density at radius 3 is 2.56 bits per heavy atom. The summed E-state index contributed by atoms with van der Waals surface area (Å²) in [5.74, 6) is -0.273. The van der Waals surface area contributed by atoms with E-state index in [2.05, 4.69) is 6.07 Å². The van der Waals surface area contributed by atoms with Gasteiger partial charge in [0.2, 0.25) is 0 Å². The summed E-state index contributed by atoms with van der Waals surface area (Å²) in [5, 5.41) is 8.98. The lowest BCUT2D eigenvalue weighted by atomic mass is 9.94. The fourth-order valence-corrected chi connectivity index (χ4v) is 2.02. The predicted molar refractivity (Wildman–Crippen MR) is 68.8 cm³/mol. The van der Waals surface area contributed by atoms with E-state index in [9.17, 15) is 4.79 Å². The Morgan fingerprint density at radius 2 is 2.06 bits per heavy atom. The molecule has 1 aromatic rings. The number of carbonyl (C=O) groups excluding carboxylic acids is 1. The van der Waals surface area contributed by atoms with Gasteiger partial charge in [-0.05, 0) is 42.2 Å². The van der Waals surface area contributed by atoms with Crippen LogP contribution >= 0.6 is 0 Å². The van der Waals surface area contributed by atoms with Crippen molar-refractivity contribution in [2.24, 2.45) is 5.73 Å². The lowest BCUT2D eigenvalue weighted by Gasteiger charge is -2.13. The number of nitrogens with zero attached hydrogens (tertiary/aromatic N) is 1. The number of rotatable bonds is 5. The number of hydrogen-bond donors (Lipinski definition) is 1. The molecule has 0 fully saturated rings. The first-order valence-electron chi connectivity index (χ1n) is 6.06. The van der Waals surface area contributed by atoms with Gasteiger partial charge in [0.15, 0.2) is 0 Å². The topological polar surface area (TPSA) is 76.1 Å². The predicted octanol–water partition coefficient (Wildman–Crippen LogP) is 1.68. The molecule has 1 aromatic carbocycles. The van der Waals surface area contributed by atoms with E-state index in [1.54, 1.807) is 19.1 Å². The highest BCUT2D eigenvalue weighted by molar-refractivity contribution is 5.73. The van der Waals surface area contributed by atoms with Crippen molar-refractivity contribution < 1.29 is 9.53 Å². The van der Waals surface area contributed by atoms with Crippen LogP contribution in [0, 0.1) is 11.3 Å². The summed E-state index contributed by atoms with van der Waals surface area (Å²) in [6.45, 7) is 4.52. The molecule has 0 unspecified atom stereocenters. The summed E-state index contributed by atoms with van der Waals surface area (Å²) in [6, 6.07) is 5.62. The summed E-state index contributed by atoms with van der Waals surface area (Å²) in [6.07, 6.45) is 0.979. The Labute approximate surface area is 107 Å². The molecule has 1 rings (SSSR count). The van der Waals surface area contributed by atoms with Crippen molar-refractivity contribution in [3.05, 3.63) is 34.4 Å². The van der Waals surface area contributed by atoms with Crippen LogP contribution in [0.2, 0.25) is 0 Å². The third-order valence-corrected chi connectivity index (χ3v) is 2.78. The molecule has 0 saturated heterocycles. The van der Waals surface area contributed by atoms with Gasteiger partial charge in [0.05, 0.1) is 24.7 Å². The molecule has 2 N–H and O–H groups in total. The molecule has 0 aliphatic rings. The minimum Gasteiger partial charge on any atom is -0.466 e. The SMILES string of the molecule is CCOC(=O)Cc1cc(C#N)cc(CN)c1CC. The summed E-state index contributed by atoms with van der Waals surface area (Å²) < 4.78 is 4.94. The van der Waals surface area contributed by atoms with Crippen LogP contribution < -0.4 is 5.73 Å². The highest BCUT2D eigenvalue weighted by atomic mass is 16.5. The molecule has 96 valence electrons. The van der Waals surface area contributed by atoms with E-state index < -0.39 is 0 Å². The quantitative estimate of drug-likeness (QED) is 0.802. The van der Waals surface area contributed by atoms with Gasteiger partial charge in [0, 0.05) is 6.54 Å². The highest BCUT2D eigenvalue weighted by Gasteiger charge is 2.12. The molecule has 0 radical (unpaired) electrons. The van der Waals surface area contributed by atoms with Crippen molar-refractivity contribution in [3.63, 3.8) is 0 Å². The maximum Gasteiger partial charge on any atom is 0.310 e. The zero-order chi connectivity index (χ0) is 13.5. The van der Waals surface area contributed by atoms with Crippen molar-refractivity contribution in [3.8, 4) is 6.07 Å². The molecule has 0 bridgehead atoms. The van der Waals surface area contributed by atoms with E-state index in [4.69, 9.17) is 15.7 Å². The van der Waals surface area contributed by atoms with Crippen molar-refractivity contribution in [2.75, 3.05) is 6.61 Å². The summed E-state index contributed by atoms with van der Waals surface area (Å²) in [4.78, 5) is 11.5. The summed E-state index contributed by atoms with van der Waals surface area (Å²) >= 11 is 0. The Morgan fingerprint density at radius 1 is 1.39 bits per heavy atom. The fourth-order valence-electron chi connectivity index (χ4n) is 2.02. The molecule has 4 nitrogen and oxygen atoms in total. The van der Waals surface area contributed by atoms with E-state index in [0.717, 1.165) is 23.1 Å². The van der Waals surface area contributed by atoms with Gasteiger partial charge in [-0.25, -0.2) is 0 Å². The number of nitrogens with two attached hydrogens (primary N) is 1. The molecule has 0 aromatic heterocycles. The second kappa shape index (κ2) is 6.77. The van der Waals surface area contributed by atoms with Gasteiger partial charge in [-0.15, -0.1) is 0 Å². The molecule has 18 heavy (non-hydrogen) atoms. The zero-order valence-electron chi connectivity index (χ0n) is 10.8. The molecule has 0 atom stereocenters. The molecule has 4 heteroatoms. The standard InChI is InChI=1S/C14H18N2O2/c1-3-13-11(7-14(17)18-4-2)5-10(8-15)6-12(13)9-16/h5-6H,3-4,7,9,16H2,1-2H3. The number of nitriles is 1. The van der Waals surface area contributed by atoms with Crippen LogP contribution in [-0.2, 0) is 28.9 Å². The molecular formula is C14H18N2O2. The molecule has 0 saturated carbocycles. The van der Waals surface area contributed by atoms with Crippen molar-refractivity contribution in [1.82, 2.24) is 0 Å². The largest absolute Gasteiger partial charge is 0.466 e. The van der Waals surface area contributed by atoms with E-state index in [1.165, 1.54) is 0 Å². The first-order valence-corrected chi connectivity index (χ1v) is 6.06. The zero-order valence-corrected chi connectivity index (χ0v) is 10.8. The minimum absolute atomic E-state index is 0.194. The minimum atomic E-state index is -0.273. The maximum atomic E-state index is 11.5. The first kappa shape index (κ1) is 14.2. The van der Waals surface area contributed by atoms with Crippen LogP contribution in [0.25, 0.3) is 0 Å². The van der Waals surface area contributed by atoms with Gasteiger partial charge in [-0.1, -0.05) is 6.92 Å². The molecule has 0 aliphatic heterocycles. The lowest BCUT2D eigenvalue weighted by molar-refractivity contribution is -0.142. The van der Waals surface area contributed by atoms with E-state index >= 15 is 0 Å². The Bertz CT molecular complexity index is 475. The number of ether oxygens (including phenoxy) is 1. The molecule has 0 amide bonds. The van der Waals surface area contributed by atoms with Gasteiger partial charge < -0.3 is 10.5 Å². The van der Waals surface area contributed by atoms with Crippen molar-refractivity contribution in [2.45, 2.75) is 33.2 Å². The Hall–Kier alpha value is -1.86. The van der Waals surface area contributed by atoms with Gasteiger partial charge in [-0.2, -0.15) is 5.26 Å². The summed E-state index contributed by atoms with van der Waals surface area (Å²) in [7, 11) is 0. The van der Waals surface area contributed by atoms with Crippen molar-refractivity contribution in [1.29, 1.82) is 5.26 Å². The first-order chi connectivity index (χ1) is 8.65. The van der Waals surface area contributed by atoms with Gasteiger partial charge >= 0.3 is 5.97 Å². The Balaban J connectivity index is 3.15. The number of esters is 1. The van der Waals surface area contributed by atoms with Crippen LogP contribution in [-0.4, -0.2) is 12.6 Å². The maximum absolute atomic E-state index is 11.5. The van der Waals surface area contributed by atoms with Crippen LogP contribution in [0.4, 0.5) is 0 Å². The number of benzene rings is 1. The fraction of sp³-hybridized carbons (Fsp3) is 0.429. The second-order valence-corrected chi connectivity index (χ2v) is 3.92. The average molecular weight is 246 g/mol. The van der Waals surface area contributed by atoms with Crippen molar-refractivity contribution >= 4 is 5.97 Å². The van der Waals surface area contributed by atoms with Gasteiger partial charge in [0.25, 0.3) is 0 Å². The van der Waals surface area contributed by atoms with Gasteiger partial charge in [0.1, 0.15) is 0 Å². The molecule has 0 spiro atoms. The third kappa shape index (κ3) is 3.31. The second-order valence-electron chi connectivity index (χ2n) is 3.92. The van der Waals surface area contributed by atoms with Crippen LogP contribution in [0.1, 0.15) is 36.1 Å². The normalized spacial score (nSPS) is 9.89. The van der Waals surface area contributed by atoms with Gasteiger partial charge in [-0.3, -0.25) is 4.79 Å². The smallest absolute Gasteiger partial charge is 0.310 e. The molecule has 0 heterocycles. The van der Waals surface area contributed by atoms with E-state index in [0.29, 0.717) is 18.7 Å². The van der Waals surface area contributed by atoms with Crippen LogP contribution in [0.5, 0.6) is 0 Å². The monoisotopic (exact) mass is 246 g/mol. The third-order valence-electron chi connectivity index (χ3n) is 2.78. The summed E-state index contributed by atoms with van der Waals surface area (Å²) in [5.41, 5.74) is 9.03. The molecular weight excluding hydrogens is 228 g/mol. The van der Waals surface area contributed by atoms with Crippen LogP contribution in [0.15, 0.2) is 12.1 Å². The highest BCUT2D eigenvalue weighted by Crippen LogP contribution is 2.19. The van der Waals surface area contributed by atoms with E-state index in [1.807, 2.05) is 6.92 Å². The average Bonchev–Trinajstić information content (AvgIpc) is 2.37. The Kier molecular flexibility index (Phi) is 5.34. The van der Waals surface area contributed by atoms with E-state index in [-0.39, 0.29) is 12.4 Å².